The van der Waals surface area contributed by atoms with Crippen LogP contribution >= 0.6 is 0 Å². The van der Waals surface area contributed by atoms with Gasteiger partial charge in [0.2, 0.25) is 0 Å². The van der Waals surface area contributed by atoms with Crippen LogP contribution in [0.1, 0.15) is 30.6 Å². The molecule has 3 nitrogen and oxygen atoms in total. The number of piperidine rings is 1. The first-order valence-corrected chi connectivity index (χ1v) is 6.53. The molecule has 1 aromatic carbocycles. The van der Waals surface area contributed by atoms with E-state index in [1.54, 1.807) is 7.11 Å². The van der Waals surface area contributed by atoms with Crippen LogP contribution in [-0.2, 0) is 0 Å². The Labute approximate surface area is 109 Å². The van der Waals surface area contributed by atoms with Gasteiger partial charge in [0.15, 0.2) is 0 Å². The van der Waals surface area contributed by atoms with Crippen molar-refractivity contribution in [3.63, 3.8) is 0 Å². The number of benzene rings is 1. The zero-order valence-electron chi connectivity index (χ0n) is 11.3. The van der Waals surface area contributed by atoms with Gasteiger partial charge in [0.25, 0.3) is 5.91 Å². The molecule has 1 saturated heterocycles. The molecule has 18 heavy (non-hydrogen) atoms. The lowest BCUT2D eigenvalue weighted by Crippen LogP contribution is -2.42. The molecule has 0 bridgehead atoms. The highest BCUT2D eigenvalue weighted by Gasteiger charge is 2.25. The summed E-state index contributed by atoms with van der Waals surface area (Å²) in [7, 11) is 1.63. The number of hydrogen-bond donors (Lipinski definition) is 0. The fourth-order valence-corrected chi connectivity index (χ4v) is 2.74. The first-order valence-electron chi connectivity index (χ1n) is 6.53. The molecule has 1 heterocycles. The lowest BCUT2D eigenvalue weighted by atomic mass is 9.91. The number of amides is 1. The molecule has 0 radical (unpaired) electrons. The summed E-state index contributed by atoms with van der Waals surface area (Å²) < 4.78 is 5.10. The number of nitrogens with zero attached hydrogens (tertiary/aromatic N) is 1. The number of carbonyl (C=O) groups is 1. The highest BCUT2D eigenvalue weighted by atomic mass is 16.5. The van der Waals surface area contributed by atoms with Crippen molar-refractivity contribution in [2.24, 2.45) is 11.8 Å². The second-order valence-electron chi connectivity index (χ2n) is 5.38. The second kappa shape index (κ2) is 5.42. The van der Waals surface area contributed by atoms with Crippen LogP contribution in [0.2, 0.25) is 0 Å². The van der Waals surface area contributed by atoms with Crippen molar-refractivity contribution in [1.29, 1.82) is 0 Å². The molecule has 1 aliphatic heterocycles. The SMILES string of the molecule is COc1ccc(C(=O)N2C[C@@H](C)C[C@H](C)C2)cc1. The third-order valence-electron chi connectivity index (χ3n) is 3.49. The van der Waals surface area contributed by atoms with E-state index in [1.807, 2.05) is 29.2 Å². The van der Waals surface area contributed by atoms with Gasteiger partial charge >= 0.3 is 0 Å². The molecule has 2 atom stereocenters. The average molecular weight is 247 g/mol. The molecule has 0 N–H and O–H groups in total. The van der Waals surface area contributed by atoms with Gasteiger partial charge in [-0.05, 0) is 42.5 Å². The topological polar surface area (TPSA) is 29.5 Å². The fraction of sp³-hybridized carbons (Fsp3) is 0.533. The summed E-state index contributed by atoms with van der Waals surface area (Å²) >= 11 is 0. The molecule has 0 spiro atoms. The Morgan fingerprint density at radius 1 is 1.17 bits per heavy atom. The summed E-state index contributed by atoms with van der Waals surface area (Å²) in [6.07, 6.45) is 1.21. The molecular weight excluding hydrogens is 226 g/mol. The summed E-state index contributed by atoms with van der Waals surface area (Å²) in [5.41, 5.74) is 0.747. The van der Waals surface area contributed by atoms with Crippen molar-refractivity contribution in [3.05, 3.63) is 29.8 Å². The Bertz CT molecular complexity index is 403. The van der Waals surface area contributed by atoms with Crippen LogP contribution in [0, 0.1) is 11.8 Å². The Balaban J connectivity index is 2.09. The van der Waals surface area contributed by atoms with Crippen molar-refractivity contribution < 1.29 is 9.53 Å². The summed E-state index contributed by atoms with van der Waals surface area (Å²) in [5, 5.41) is 0. The number of carbonyl (C=O) groups excluding carboxylic acids is 1. The van der Waals surface area contributed by atoms with Gasteiger partial charge in [-0.25, -0.2) is 0 Å². The molecule has 1 amide bonds. The fourth-order valence-electron chi connectivity index (χ4n) is 2.74. The smallest absolute Gasteiger partial charge is 0.253 e. The molecule has 0 aliphatic carbocycles. The van der Waals surface area contributed by atoms with Gasteiger partial charge in [-0.1, -0.05) is 13.8 Å². The third kappa shape index (κ3) is 2.84. The van der Waals surface area contributed by atoms with Gasteiger partial charge in [0, 0.05) is 18.7 Å². The molecule has 1 aliphatic rings. The van der Waals surface area contributed by atoms with Gasteiger partial charge in [0.1, 0.15) is 5.75 Å². The first kappa shape index (κ1) is 12.9. The molecule has 0 aromatic heterocycles. The second-order valence-corrected chi connectivity index (χ2v) is 5.38. The predicted octanol–water partition coefficient (Wildman–Crippen LogP) is 2.81. The summed E-state index contributed by atoms with van der Waals surface area (Å²) in [4.78, 5) is 14.3. The quantitative estimate of drug-likeness (QED) is 0.804. The van der Waals surface area contributed by atoms with Crippen molar-refractivity contribution in [2.45, 2.75) is 20.3 Å². The number of rotatable bonds is 2. The molecule has 1 aromatic rings. The van der Waals surface area contributed by atoms with E-state index >= 15 is 0 Å². The normalized spacial score (nSPS) is 23.8. The van der Waals surface area contributed by atoms with Crippen molar-refractivity contribution in [1.82, 2.24) is 4.90 Å². The first-order chi connectivity index (χ1) is 8.60. The van der Waals surface area contributed by atoms with E-state index in [-0.39, 0.29) is 5.91 Å². The molecule has 2 rings (SSSR count). The van der Waals surface area contributed by atoms with E-state index in [2.05, 4.69) is 13.8 Å². The van der Waals surface area contributed by atoms with E-state index < -0.39 is 0 Å². The third-order valence-corrected chi connectivity index (χ3v) is 3.49. The van der Waals surface area contributed by atoms with E-state index in [0.29, 0.717) is 11.8 Å². The summed E-state index contributed by atoms with van der Waals surface area (Å²) in [6, 6.07) is 7.35. The minimum atomic E-state index is 0.135. The van der Waals surface area contributed by atoms with E-state index in [1.165, 1.54) is 6.42 Å². The summed E-state index contributed by atoms with van der Waals surface area (Å²) in [6.45, 7) is 6.17. The van der Waals surface area contributed by atoms with Crippen molar-refractivity contribution in [3.8, 4) is 5.75 Å². The van der Waals surface area contributed by atoms with Crippen LogP contribution in [-0.4, -0.2) is 31.0 Å². The van der Waals surface area contributed by atoms with Gasteiger partial charge in [-0.15, -0.1) is 0 Å². The van der Waals surface area contributed by atoms with Crippen molar-refractivity contribution >= 4 is 5.91 Å². The Morgan fingerprint density at radius 3 is 2.22 bits per heavy atom. The Morgan fingerprint density at radius 2 is 1.72 bits per heavy atom. The Hall–Kier alpha value is -1.51. The molecule has 98 valence electrons. The van der Waals surface area contributed by atoms with Crippen LogP contribution in [0.4, 0.5) is 0 Å². The van der Waals surface area contributed by atoms with Gasteiger partial charge in [-0.2, -0.15) is 0 Å². The maximum absolute atomic E-state index is 12.4. The lowest BCUT2D eigenvalue weighted by Gasteiger charge is -2.35. The number of ether oxygens (including phenoxy) is 1. The van der Waals surface area contributed by atoms with E-state index in [0.717, 1.165) is 24.4 Å². The predicted molar refractivity (Wildman–Crippen MR) is 71.8 cm³/mol. The number of hydrogen-bond acceptors (Lipinski definition) is 2. The molecule has 3 heteroatoms. The van der Waals surface area contributed by atoms with Gasteiger partial charge in [-0.3, -0.25) is 4.79 Å². The highest BCUT2D eigenvalue weighted by molar-refractivity contribution is 5.94. The minimum absolute atomic E-state index is 0.135. The van der Waals surface area contributed by atoms with E-state index in [4.69, 9.17) is 4.74 Å². The lowest BCUT2D eigenvalue weighted by molar-refractivity contribution is 0.0623. The number of methoxy groups -OCH3 is 1. The van der Waals surface area contributed by atoms with Crippen LogP contribution < -0.4 is 4.74 Å². The summed E-state index contributed by atoms with van der Waals surface area (Å²) in [5.74, 6) is 2.11. The number of likely N-dealkylation sites (tertiary alicyclic amines) is 1. The maximum Gasteiger partial charge on any atom is 0.253 e. The zero-order valence-corrected chi connectivity index (χ0v) is 11.3. The monoisotopic (exact) mass is 247 g/mol. The Kier molecular flexibility index (Phi) is 3.90. The molecule has 0 unspecified atom stereocenters. The van der Waals surface area contributed by atoms with Gasteiger partial charge < -0.3 is 9.64 Å². The van der Waals surface area contributed by atoms with E-state index in [9.17, 15) is 4.79 Å². The highest BCUT2D eigenvalue weighted by Crippen LogP contribution is 2.23. The van der Waals surface area contributed by atoms with Crippen LogP contribution in [0.3, 0.4) is 0 Å². The minimum Gasteiger partial charge on any atom is -0.497 e. The largest absolute Gasteiger partial charge is 0.497 e. The molecule has 1 fully saturated rings. The van der Waals surface area contributed by atoms with Gasteiger partial charge in [0.05, 0.1) is 7.11 Å². The zero-order chi connectivity index (χ0) is 13.1. The average Bonchev–Trinajstić information content (AvgIpc) is 2.37. The van der Waals surface area contributed by atoms with Crippen molar-refractivity contribution in [2.75, 3.05) is 20.2 Å². The maximum atomic E-state index is 12.4. The van der Waals surface area contributed by atoms with Crippen LogP contribution in [0.5, 0.6) is 5.75 Å². The van der Waals surface area contributed by atoms with Crippen LogP contribution in [0.15, 0.2) is 24.3 Å². The molecule has 0 saturated carbocycles. The van der Waals surface area contributed by atoms with Crippen LogP contribution in [0.25, 0.3) is 0 Å². The molecular formula is C15H21NO2. The standard InChI is InChI=1S/C15H21NO2/c1-11-8-12(2)10-16(9-11)15(17)13-4-6-14(18-3)7-5-13/h4-7,11-12H,8-10H2,1-3H3/t11-,12-/m0/s1.